The monoisotopic (exact) mass is 470 g/mol. The largest absolute Gasteiger partial charge is 0.481 e. The molecule has 0 aliphatic rings. The van der Waals surface area contributed by atoms with Crippen LogP contribution in [0.1, 0.15) is 28.7 Å². The van der Waals surface area contributed by atoms with Gasteiger partial charge < -0.3 is 10.4 Å². The highest BCUT2D eigenvalue weighted by molar-refractivity contribution is 5.67. The second kappa shape index (κ2) is 11.5. The summed E-state index contributed by atoms with van der Waals surface area (Å²) in [6, 6.07) is 19.9. The van der Waals surface area contributed by atoms with Crippen molar-refractivity contribution in [1.29, 1.82) is 0 Å². The van der Waals surface area contributed by atoms with E-state index in [2.05, 4.69) is 17.4 Å². The quantitative estimate of drug-likeness (QED) is 0.250. The number of carboxylic acids is 1. The molecule has 0 fully saturated rings. The summed E-state index contributed by atoms with van der Waals surface area (Å²) in [6.45, 7) is 5.17. The number of carbonyl (C=O) groups is 1. The molecular formula is C26H25F3N2O3. The molecular weight excluding hydrogens is 445 g/mol. The Morgan fingerprint density at radius 2 is 1.62 bits per heavy atom. The first kappa shape index (κ1) is 25.0. The fourth-order valence-corrected chi connectivity index (χ4v) is 3.19. The predicted octanol–water partition coefficient (Wildman–Crippen LogP) is 5.63. The van der Waals surface area contributed by atoms with E-state index in [-0.39, 0.29) is 13.0 Å². The molecule has 0 saturated heterocycles. The van der Waals surface area contributed by atoms with Crippen molar-refractivity contribution in [2.75, 3.05) is 6.54 Å². The Morgan fingerprint density at radius 3 is 2.26 bits per heavy atom. The Kier molecular flexibility index (Phi) is 8.45. The van der Waals surface area contributed by atoms with Crippen LogP contribution in [0.5, 0.6) is 0 Å². The van der Waals surface area contributed by atoms with Crippen molar-refractivity contribution in [2.24, 2.45) is 0 Å². The van der Waals surface area contributed by atoms with E-state index < -0.39 is 17.7 Å². The van der Waals surface area contributed by atoms with E-state index in [4.69, 9.17) is 9.94 Å². The summed E-state index contributed by atoms with van der Waals surface area (Å²) in [4.78, 5) is 16.0. The van der Waals surface area contributed by atoms with Crippen molar-refractivity contribution in [1.82, 2.24) is 10.8 Å². The fourth-order valence-electron chi connectivity index (χ4n) is 3.19. The van der Waals surface area contributed by atoms with Gasteiger partial charge in [0.05, 0.1) is 24.3 Å². The van der Waals surface area contributed by atoms with Crippen LogP contribution in [0, 0.1) is 0 Å². The normalized spacial score (nSPS) is 11.3. The molecule has 8 heteroatoms. The molecule has 0 saturated carbocycles. The van der Waals surface area contributed by atoms with Crippen molar-refractivity contribution in [3.8, 4) is 11.1 Å². The van der Waals surface area contributed by atoms with Crippen LogP contribution in [0.3, 0.4) is 0 Å². The van der Waals surface area contributed by atoms with Gasteiger partial charge in [-0.1, -0.05) is 67.2 Å². The topological polar surface area (TPSA) is 70.6 Å². The highest BCUT2D eigenvalue weighted by Crippen LogP contribution is 2.32. The maximum atomic E-state index is 12.9. The molecule has 0 atom stereocenters. The molecule has 0 aromatic heterocycles. The Hall–Kier alpha value is -3.62. The first-order valence-electron chi connectivity index (χ1n) is 10.6. The zero-order valence-corrected chi connectivity index (χ0v) is 18.4. The average molecular weight is 470 g/mol. The molecule has 3 rings (SSSR count). The Bertz CT molecular complexity index is 1110. The molecule has 0 unspecified atom stereocenters. The lowest BCUT2D eigenvalue weighted by Crippen LogP contribution is -2.17. The summed E-state index contributed by atoms with van der Waals surface area (Å²) in [7, 11) is 0. The van der Waals surface area contributed by atoms with Crippen molar-refractivity contribution < 1.29 is 27.9 Å². The van der Waals surface area contributed by atoms with Gasteiger partial charge in [-0.2, -0.15) is 13.2 Å². The summed E-state index contributed by atoms with van der Waals surface area (Å²) >= 11 is 0. The molecule has 0 spiro atoms. The second-order valence-electron chi connectivity index (χ2n) is 7.66. The van der Waals surface area contributed by atoms with Gasteiger partial charge in [0, 0.05) is 13.1 Å². The minimum atomic E-state index is -4.38. The Morgan fingerprint density at radius 1 is 0.941 bits per heavy atom. The van der Waals surface area contributed by atoms with Crippen LogP contribution in [0.25, 0.3) is 16.8 Å². The first-order valence-corrected chi connectivity index (χ1v) is 10.6. The highest BCUT2D eigenvalue weighted by atomic mass is 19.4. The maximum Gasteiger partial charge on any atom is 0.416 e. The summed E-state index contributed by atoms with van der Waals surface area (Å²) in [5, 5.41) is 11.7. The zero-order chi connectivity index (χ0) is 24.6. The number of rotatable bonds is 11. The minimum absolute atomic E-state index is 0.0735. The number of benzene rings is 3. The zero-order valence-electron chi connectivity index (χ0n) is 18.4. The van der Waals surface area contributed by atoms with Crippen molar-refractivity contribution >= 4 is 11.7 Å². The lowest BCUT2D eigenvalue weighted by molar-refractivity contribution is -0.138. The van der Waals surface area contributed by atoms with E-state index in [0.29, 0.717) is 29.9 Å². The second-order valence-corrected chi connectivity index (χ2v) is 7.66. The van der Waals surface area contributed by atoms with E-state index in [1.54, 1.807) is 30.3 Å². The standard InChI is InChI=1S/C26H25F3N2O3/c1-18(21-9-5-19(6-10-21)16-30-14-13-25(32)33)31-34-17-20-7-11-22(12-8-20)23-3-2-4-24(15-23)26(27,28)29/h2-12,15,30-31H,1,13-14,16-17H2,(H,32,33). The van der Waals surface area contributed by atoms with Crippen molar-refractivity contribution in [3.63, 3.8) is 0 Å². The number of nitrogens with one attached hydrogen (secondary N) is 2. The summed E-state index contributed by atoms with van der Waals surface area (Å²) in [5.41, 5.74) is 6.58. The van der Waals surface area contributed by atoms with Gasteiger partial charge in [0.2, 0.25) is 0 Å². The molecule has 3 aromatic rings. The van der Waals surface area contributed by atoms with E-state index in [0.717, 1.165) is 28.8 Å². The third kappa shape index (κ3) is 7.47. The van der Waals surface area contributed by atoms with Crippen LogP contribution >= 0.6 is 0 Å². The molecule has 34 heavy (non-hydrogen) atoms. The molecule has 0 aliphatic heterocycles. The smallest absolute Gasteiger partial charge is 0.416 e. The van der Waals surface area contributed by atoms with E-state index in [9.17, 15) is 18.0 Å². The first-order chi connectivity index (χ1) is 16.2. The van der Waals surface area contributed by atoms with E-state index in [1.165, 1.54) is 6.07 Å². The van der Waals surface area contributed by atoms with Crippen LogP contribution in [0.4, 0.5) is 13.2 Å². The van der Waals surface area contributed by atoms with Crippen LogP contribution in [0.15, 0.2) is 79.4 Å². The van der Waals surface area contributed by atoms with Crippen molar-refractivity contribution in [3.05, 3.63) is 102 Å². The number of aliphatic carboxylic acids is 1. The molecule has 3 aromatic carbocycles. The maximum absolute atomic E-state index is 12.9. The molecule has 0 radical (unpaired) electrons. The van der Waals surface area contributed by atoms with Gasteiger partial charge in [-0.25, -0.2) is 0 Å². The van der Waals surface area contributed by atoms with Gasteiger partial charge in [-0.3, -0.25) is 15.1 Å². The number of halogens is 3. The van der Waals surface area contributed by atoms with Crippen LogP contribution in [-0.2, 0) is 29.0 Å². The third-order valence-electron chi connectivity index (χ3n) is 5.06. The number of alkyl halides is 3. The van der Waals surface area contributed by atoms with Crippen molar-refractivity contribution in [2.45, 2.75) is 25.7 Å². The number of carboxylic acid groups (broad SMARTS) is 1. The molecule has 5 nitrogen and oxygen atoms in total. The Balaban J connectivity index is 1.47. The molecule has 178 valence electrons. The van der Waals surface area contributed by atoms with Crippen LogP contribution in [-0.4, -0.2) is 17.6 Å². The third-order valence-corrected chi connectivity index (χ3v) is 5.06. The highest BCUT2D eigenvalue weighted by Gasteiger charge is 2.30. The Labute approximate surface area is 195 Å². The lowest BCUT2D eigenvalue weighted by Gasteiger charge is -2.12. The predicted molar refractivity (Wildman–Crippen MR) is 124 cm³/mol. The minimum Gasteiger partial charge on any atom is -0.481 e. The van der Waals surface area contributed by atoms with Crippen LogP contribution < -0.4 is 10.8 Å². The summed E-state index contributed by atoms with van der Waals surface area (Å²) in [5.74, 6) is -0.836. The molecule has 0 bridgehead atoms. The molecule has 0 heterocycles. The summed E-state index contributed by atoms with van der Waals surface area (Å²) < 4.78 is 38.8. The summed E-state index contributed by atoms with van der Waals surface area (Å²) in [6.07, 6.45) is -4.30. The number of hydroxylamine groups is 1. The molecule has 0 amide bonds. The molecule has 3 N–H and O–H groups in total. The average Bonchev–Trinajstić information content (AvgIpc) is 2.82. The number of hydrogen-bond donors (Lipinski definition) is 3. The molecule has 0 aliphatic carbocycles. The van der Waals surface area contributed by atoms with E-state index in [1.807, 2.05) is 24.3 Å². The number of hydrogen-bond acceptors (Lipinski definition) is 4. The van der Waals surface area contributed by atoms with Crippen LogP contribution in [0.2, 0.25) is 0 Å². The van der Waals surface area contributed by atoms with E-state index >= 15 is 0 Å². The van der Waals surface area contributed by atoms with Gasteiger partial charge in [-0.15, -0.1) is 0 Å². The van der Waals surface area contributed by atoms with Gasteiger partial charge >= 0.3 is 12.1 Å². The van der Waals surface area contributed by atoms with Gasteiger partial charge in [0.15, 0.2) is 0 Å². The SMILES string of the molecule is C=C(NOCc1ccc(-c2cccc(C(F)(F)F)c2)cc1)c1ccc(CNCCC(=O)O)cc1. The van der Waals surface area contributed by atoms with Gasteiger partial charge in [-0.05, 0) is 39.9 Å². The lowest BCUT2D eigenvalue weighted by atomic mass is 10.0. The fraction of sp³-hybridized carbons (Fsp3) is 0.192. The van der Waals surface area contributed by atoms with Gasteiger partial charge in [0.1, 0.15) is 0 Å². The van der Waals surface area contributed by atoms with Gasteiger partial charge in [0.25, 0.3) is 0 Å².